The van der Waals surface area contributed by atoms with Crippen LogP contribution in [0.3, 0.4) is 0 Å². The fourth-order valence-electron chi connectivity index (χ4n) is 2.59. The van der Waals surface area contributed by atoms with Crippen LogP contribution in [-0.2, 0) is 4.79 Å². The molecule has 0 unspecified atom stereocenters. The molecule has 0 amide bonds. The van der Waals surface area contributed by atoms with Crippen molar-refractivity contribution in [2.24, 2.45) is 11.8 Å². The summed E-state index contributed by atoms with van der Waals surface area (Å²) < 4.78 is 0. The Morgan fingerprint density at radius 3 is 2.69 bits per heavy atom. The molecule has 0 bridgehead atoms. The van der Waals surface area contributed by atoms with E-state index in [0.717, 1.165) is 31.1 Å². The van der Waals surface area contributed by atoms with Crippen molar-refractivity contribution in [3.05, 3.63) is 11.1 Å². The first-order valence-corrected chi connectivity index (χ1v) is 5.42. The van der Waals surface area contributed by atoms with Crippen LogP contribution < -0.4 is 0 Å². The van der Waals surface area contributed by atoms with Crippen molar-refractivity contribution < 1.29 is 4.79 Å². The number of ketones is 1. The smallest absolute Gasteiger partial charge is 0.159 e. The van der Waals surface area contributed by atoms with Crippen LogP contribution in [0.1, 0.15) is 46.0 Å². The van der Waals surface area contributed by atoms with Crippen LogP contribution in [0.5, 0.6) is 0 Å². The molecule has 1 nitrogen and oxygen atoms in total. The maximum atomic E-state index is 11.5. The Kier molecular flexibility index (Phi) is 2.27. The number of carbonyl (C=O) groups is 1. The Hall–Kier alpha value is -0.590. The Balaban J connectivity index is 2.14. The predicted octanol–water partition coefficient (Wildman–Crippen LogP) is 3.10. The third-order valence-electron chi connectivity index (χ3n) is 3.64. The van der Waals surface area contributed by atoms with Gasteiger partial charge in [0.15, 0.2) is 5.78 Å². The van der Waals surface area contributed by atoms with Gasteiger partial charge in [-0.05, 0) is 43.1 Å². The first kappa shape index (κ1) is 8.98. The maximum Gasteiger partial charge on any atom is 0.159 e. The SMILES string of the molecule is CC(C)[C@H]1CCC2=C(C1)C(=O)CC2. The van der Waals surface area contributed by atoms with Crippen LogP contribution in [0.2, 0.25) is 0 Å². The van der Waals surface area contributed by atoms with E-state index >= 15 is 0 Å². The summed E-state index contributed by atoms with van der Waals surface area (Å²) in [5, 5.41) is 0. The highest BCUT2D eigenvalue weighted by Gasteiger charge is 2.30. The van der Waals surface area contributed by atoms with E-state index in [1.165, 1.54) is 24.0 Å². The van der Waals surface area contributed by atoms with E-state index < -0.39 is 0 Å². The van der Waals surface area contributed by atoms with E-state index in [0.29, 0.717) is 5.78 Å². The van der Waals surface area contributed by atoms with Gasteiger partial charge < -0.3 is 0 Å². The minimum absolute atomic E-state index is 0.445. The zero-order valence-electron chi connectivity index (χ0n) is 8.60. The molecule has 0 heterocycles. The van der Waals surface area contributed by atoms with Gasteiger partial charge in [-0.1, -0.05) is 19.4 Å². The van der Waals surface area contributed by atoms with Crippen molar-refractivity contribution in [3.8, 4) is 0 Å². The predicted molar refractivity (Wildman–Crippen MR) is 53.4 cm³/mol. The van der Waals surface area contributed by atoms with Gasteiger partial charge in [0.05, 0.1) is 0 Å². The number of Topliss-reactive ketones (excluding diaryl/α,β-unsaturated/α-hetero) is 1. The molecule has 0 aromatic heterocycles. The Bertz CT molecular complexity index is 260. The van der Waals surface area contributed by atoms with E-state index in [1.54, 1.807) is 0 Å². The molecular weight excluding hydrogens is 160 g/mol. The quantitative estimate of drug-likeness (QED) is 0.603. The summed E-state index contributed by atoms with van der Waals surface area (Å²) in [6.45, 7) is 4.55. The molecule has 2 aliphatic rings. The molecule has 1 atom stereocenters. The second-order valence-corrected chi connectivity index (χ2v) is 4.75. The van der Waals surface area contributed by atoms with Gasteiger partial charge in [-0.2, -0.15) is 0 Å². The average Bonchev–Trinajstić information content (AvgIpc) is 2.47. The molecule has 0 aliphatic heterocycles. The number of carbonyl (C=O) groups excluding carboxylic acids is 1. The summed E-state index contributed by atoms with van der Waals surface area (Å²) >= 11 is 0. The van der Waals surface area contributed by atoms with Crippen molar-refractivity contribution in [1.29, 1.82) is 0 Å². The summed E-state index contributed by atoms with van der Waals surface area (Å²) in [7, 11) is 0. The van der Waals surface area contributed by atoms with E-state index in [1.807, 2.05) is 0 Å². The average molecular weight is 178 g/mol. The molecule has 1 heteroatoms. The van der Waals surface area contributed by atoms with Crippen LogP contribution in [-0.4, -0.2) is 5.78 Å². The van der Waals surface area contributed by atoms with E-state index in [9.17, 15) is 4.79 Å². The van der Waals surface area contributed by atoms with Crippen LogP contribution in [0.15, 0.2) is 11.1 Å². The van der Waals surface area contributed by atoms with Gasteiger partial charge >= 0.3 is 0 Å². The third-order valence-corrected chi connectivity index (χ3v) is 3.64. The van der Waals surface area contributed by atoms with Gasteiger partial charge in [-0.15, -0.1) is 0 Å². The largest absolute Gasteiger partial charge is 0.295 e. The number of allylic oxidation sites excluding steroid dienone is 2. The van der Waals surface area contributed by atoms with Gasteiger partial charge in [-0.3, -0.25) is 4.79 Å². The zero-order chi connectivity index (χ0) is 9.42. The van der Waals surface area contributed by atoms with Crippen molar-refractivity contribution in [1.82, 2.24) is 0 Å². The molecule has 0 saturated carbocycles. The summed E-state index contributed by atoms with van der Waals surface area (Å²) in [5.74, 6) is 1.95. The minimum atomic E-state index is 0.445. The van der Waals surface area contributed by atoms with E-state index in [4.69, 9.17) is 0 Å². The highest BCUT2D eigenvalue weighted by atomic mass is 16.1. The van der Waals surface area contributed by atoms with Gasteiger partial charge in [0.25, 0.3) is 0 Å². The van der Waals surface area contributed by atoms with Crippen LogP contribution >= 0.6 is 0 Å². The molecule has 13 heavy (non-hydrogen) atoms. The molecule has 0 fully saturated rings. The first-order chi connectivity index (χ1) is 6.18. The lowest BCUT2D eigenvalue weighted by Gasteiger charge is -2.26. The summed E-state index contributed by atoms with van der Waals surface area (Å²) in [5.41, 5.74) is 2.70. The van der Waals surface area contributed by atoms with Gasteiger partial charge in [0, 0.05) is 6.42 Å². The molecule has 0 aromatic carbocycles. The molecule has 0 aromatic rings. The van der Waals surface area contributed by atoms with Crippen molar-refractivity contribution in [2.75, 3.05) is 0 Å². The molecule has 2 aliphatic carbocycles. The zero-order valence-corrected chi connectivity index (χ0v) is 8.60. The Morgan fingerprint density at radius 1 is 1.23 bits per heavy atom. The Labute approximate surface area is 80.2 Å². The van der Waals surface area contributed by atoms with Gasteiger partial charge in [0.1, 0.15) is 0 Å². The Morgan fingerprint density at radius 2 is 2.00 bits per heavy atom. The van der Waals surface area contributed by atoms with Gasteiger partial charge in [0.2, 0.25) is 0 Å². The second kappa shape index (κ2) is 3.28. The molecule has 0 radical (unpaired) electrons. The van der Waals surface area contributed by atoms with Crippen molar-refractivity contribution >= 4 is 5.78 Å². The van der Waals surface area contributed by atoms with Crippen molar-refractivity contribution in [3.63, 3.8) is 0 Å². The summed E-state index contributed by atoms with van der Waals surface area (Å²) in [6, 6.07) is 0. The fourth-order valence-corrected chi connectivity index (χ4v) is 2.59. The summed E-state index contributed by atoms with van der Waals surface area (Å²) in [6.07, 6.45) is 5.45. The summed E-state index contributed by atoms with van der Waals surface area (Å²) in [4.78, 5) is 11.5. The monoisotopic (exact) mass is 178 g/mol. The number of hydrogen-bond acceptors (Lipinski definition) is 1. The molecule has 0 spiro atoms. The lowest BCUT2D eigenvalue weighted by molar-refractivity contribution is -0.115. The normalized spacial score (nSPS) is 28.5. The molecule has 2 rings (SSSR count). The van der Waals surface area contributed by atoms with Crippen LogP contribution in [0, 0.1) is 11.8 Å². The number of rotatable bonds is 1. The maximum absolute atomic E-state index is 11.5. The highest BCUT2D eigenvalue weighted by molar-refractivity contribution is 5.98. The first-order valence-electron chi connectivity index (χ1n) is 5.42. The fraction of sp³-hybridized carbons (Fsp3) is 0.750. The van der Waals surface area contributed by atoms with Crippen molar-refractivity contribution in [2.45, 2.75) is 46.0 Å². The lowest BCUT2D eigenvalue weighted by Crippen LogP contribution is -2.16. The second-order valence-electron chi connectivity index (χ2n) is 4.75. The lowest BCUT2D eigenvalue weighted by atomic mass is 9.79. The number of hydrogen-bond donors (Lipinski definition) is 0. The standard InChI is InChI=1S/C12H18O/c1-8(2)10-4-3-9-5-6-12(13)11(9)7-10/h8,10H,3-7H2,1-2H3/t10-/m0/s1. The molecule has 0 N–H and O–H groups in total. The van der Waals surface area contributed by atoms with E-state index in [2.05, 4.69) is 13.8 Å². The van der Waals surface area contributed by atoms with Gasteiger partial charge in [-0.25, -0.2) is 0 Å². The molecule has 72 valence electrons. The molecular formula is C12H18O. The molecule has 0 saturated heterocycles. The van der Waals surface area contributed by atoms with Crippen LogP contribution in [0.25, 0.3) is 0 Å². The minimum Gasteiger partial charge on any atom is -0.295 e. The topological polar surface area (TPSA) is 17.1 Å². The highest BCUT2D eigenvalue weighted by Crippen LogP contribution is 2.39. The third kappa shape index (κ3) is 1.56. The van der Waals surface area contributed by atoms with Crippen LogP contribution in [0.4, 0.5) is 0 Å². The van der Waals surface area contributed by atoms with E-state index in [-0.39, 0.29) is 0 Å².